The molecule has 0 aromatic carbocycles. The van der Waals surface area contributed by atoms with Gasteiger partial charge in [-0.1, -0.05) is 6.08 Å². The largest absolute Gasteiger partial charge is 0.478 e. The first kappa shape index (κ1) is 23.9. The molecular weight excluding hydrogens is 440 g/mol. The molecule has 0 aromatic heterocycles. The van der Waals surface area contributed by atoms with Crippen molar-refractivity contribution in [1.29, 1.82) is 0 Å². The van der Waals surface area contributed by atoms with Gasteiger partial charge in [-0.15, -0.1) is 0 Å². The van der Waals surface area contributed by atoms with Crippen molar-refractivity contribution in [3.63, 3.8) is 0 Å². The van der Waals surface area contributed by atoms with Crippen molar-refractivity contribution in [3.8, 4) is 0 Å². The minimum absolute atomic E-state index is 0.228. The van der Waals surface area contributed by atoms with Crippen molar-refractivity contribution in [2.45, 2.75) is 43.1 Å². The summed E-state index contributed by atoms with van der Waals surface area (Å²) in [7, 11) is 0. The Balaban J connectivity index is 1.84. The third kappa shape index (κ3) is 4.73. The quantitative estimate of drug-likeness (QED) is 0.190. The van der Waals surface area contributed by atoms with Crippen LogP contribution < -0.4 is 0 Å². The second-order valence-electron chi connectivity index (χ2n) is 7.24. The van der Waals surface area contributed by atoms with Crippen molar-refractivity contribution < 1.29 is 59.2 Å². The molecule has 9 atom stereocenters. The fraction of sp³-hybridized carbons (Fsp3) is 0.667. The number of ether oxygens (including phenoxy) is 4. The summed E-state index contributed by atoms with van der Waals surface area (Å²) >= 11 is 0.829. The van der Waals surface area contributed by atoms with E-state index < -0.39 is 72.8 Å². The van der Waals surface area contributed by atoms with E-state index in [-0.39, 0.29) is 12.2 Å². The van der Waals surface area contributed by atoms with Crippen LogP contribution >= 0.6 is 11.8 Å². The molecule has 2 aliphatic heterocycles. The number of carbonyl (C=O) groups excluding carboxylic acids is 1. The van der Waals surface area contributed by atoms with Gasteiger partial charge in [-0.2, -0.15) is 0 Å². The molecule has 2 heterocycles. The van der Waals surface area contributed by atoms with Crippen molar-refractivity contribution in [2.75, 3.05) is 19.5 Å². The number of rotatable bonds is 6. The summed E-state index contributed by atoms with van der Waals surface area (Å²) in [6, 6.07) is 0. The average Bonchev–Trinajstić information content (AvgIpc) is 3.09. The monoisotopic (exact) mass is 464 g/mol. The van der Waals surface area contributed by atoms with E-state index in [9.17, 15) is 40.2 Å². The third-order valence-electron chi connectivity index (χ3n) is 5.44. The molecule has 0 aromatic rings. The van der Waals surface area contributed by atoms with Crippen LogP contribution in [0.25, 0.3) is 0 Å². The normalized spacial score (nSPS) is 39.7. The topological polar surface area (TPSA) is 192 Å². The Morgan fingerprint density at radius 2 is 1.81 bits per heavy atom. The molecule has 3 rings (SSSR count). The lowest BCUT2D eigenvalue weighted by atomic mass is 9.82. The maximum atomic E-state index is 11.6. The Hall–Kier alpha value is -1.71. The van der Waals surface area contributed by atoms with Crippen molar-refractivity contribution >= 4 is 23.0 Å². The molecule has 0 unspecified atom stereocenters. The standard InChI is InChI=1S/C18H24O12S/c1-31-18(26)28-4-6-2-8(20)11-7(15(24)25)5-27-16(10(6)11)30-17-14(23)13(22)12(21)9(3-19)29-17/h2,5,8-14,16-17,19-23H,3-4H2,1H3,(H,24,25)/t8-,9-,10-,11+,12-,13+,14+,16+,17-/m1/s1. The minimum atomic E-state index is -1.71. The highest BCUT2D eigenvalue weighted by molar-refractivity contribution is 8.12. The van der Waals surface area contributed by atoms with E-state index in [2.05, 4.69) is 0 Å². The predicted octanol–water partition coefficient (Wildman–Crippen LogP) is -1.84. The van der Waals surface area contributed by atoms with Crippen LogP contribution in [0.4, 0.5) is 4.79 Å². The van der Waals surface area contributed by atoms with Gasteiger partial charge >= 0.3 is 11.3 Å². The van der Waals surface area contributed by atoms with E-state index in [4.69, 9.17) is 18.9 Å². The first-order chi connectivity index (χ1) is 14.7. The third-order valence-corrected chi connectivity index (χ3v) is 5.89. The van der Waals surface area contributed by atoms with E-state index in [0.717, 1.165) is 18.0 Å². The van der Waals surface area contributed by atoms with E-state index in [1.807, 2.05) is 0 Å². The zero-order valence-corrected chi connectivity index (χ0v) is 17.1. The zero-order valence-electron chi connectivity index (χ0n) is 16.3. The Morgan fingerprint density at radius 1 is 1.10 bits per heavy atom. The van der Waals surface area contributed by atoms with E-state index in [0.29, 0.717) is 5.57 Å². The molecule has 0 radical (unpaired) electrons. The number of aliphatic hydroxyl groups excluding tert-OH is 5. The fourth-order valence-electron chi connectivity index (χ4n) is 3.87. The van der Waals surface area contributed by atoms with Gasteiger partial charge in [0.25, 0.3) is 0 Å². The fourth-order valence-corrected chi connectivity index (χ4v) is 4.05. The summed E-state index contributed by atoms with van der Waals surface area (Å²) in [5, 5.41) is 58.7. The van der Waals surface area contributed by atoms with Gasteiger partial charge in [0.05, 0.1) is 30.5 Å². The lowest BCUT2D eigenvalue weighted by molar-refractivity contribution is -0.340. The van der Waals surface area contributed by atoms with Gasteiger partial charge < -0.3 is 49.6 Å². The number of carboxylic acid groups (broad SMARTS) is 1. The molecule has 1 fully saturated rings. The molecule has 3 aliphatic rings. The molecule has 0 bridgehead atoms. The van der Waals surface area contributed by atoms with Crippen LogP contribution in [0, 0.1) is 11.8 Å². The highest BCUT2D eigenvalue weighted by Crippen LogP contribution is 2.44. The second-order valence-corrected chi connectivity index (χ2v) is 7.98. The summed E-state index contributed by atoms with van der Waals surface area (Å²) in [6.07, 6.45) is -6.52. The van der Waals surface area contributed by atoms with Crippen LogP contribution in [-0.4, -0.2) is 104 Å². The van der Waals surface area contributed by atoms with E-state index in [1.165, 1.54) is 12.3 Å². The summed E-state index contributed by atoms with van der Waals surface area (Å²) in [6.45, 7) is -0.928. The molecule has 6 N–H and O–H groups in total. The Labute approximate surface area is 180 Å². The minimum Gasteiger partial charge on any atom is -0.478 e. The number of hydrogen-bond donors (Lipinski definition) is 6. The van der Waals surface area contributed by atoms with Gasteiger partial charge in [-0.05, 0) is 23.6 Å². The first-order valence-electron chi connectivity index (χ1n) is 9.33. The second kappa shape index (κ2) is 9.83. The number of fused-ring (bicyclic) bond motifs is 1. The molecule has 13 heteroatoms. The van der Waals surface area contributed by atoms with E-state index >= 15 is 0 Å². The Morgan fingerprint density at radius 3 is 2.42 bits per heavy atom. The molecule has 31 heavy (non-hydrogen) atoms. The summed E-state index contributed by atoms with van der Waals surface area (Å²) in [4.78, 5) is 23.1. The van der Waals surface area contributed by atoms with Crippen LogP contribution in [0.15, 0.2) is 23.5 Å². The van der Waals surface area contributed by atoms with Crippen molar-refractivity contribution in [3.05, 3.63) is 23.5 Å². The number of carbonyl (C=O) groups is 2. The van der Waals surface area contributed by atoms with Crippen LogP contribution in [0.2, 0.25) is 0 Å². The van der Waals surface area contributed by atoms with E-state index in [1.54, 1.807) is 0 Å². The molecular formula is C18H24O12S. The van der Waals surface area contributed by atoms with Crippen LogP contribution in [-0.2, 0) is 23.7 Å². The van der Waals surface area contributed by atoms with Crippen molar-refractivity contribution in [1.82, 2.24) is 0 Å². The highest BCUT2D eigenvalue weighted by atomic mass is 32.2. The molecule has 1 aliphatic carbocycles. The summed E-state index contributed by atoms with van der Waals surface area (Å²) < 4.78 is 21.4. The molecule has 174 valence electrons. The SMILES string of the molecule is CSC(=O)OCC1=C[C@@H](O)[C@@H]2C(C(=O)O)=CO[C@@H](O[C@H]3O[C@H](CO)[C@@H](O)[C@H](O)[C@@H]3O)[C@H]12. The molecule has 12 nitrogen and oxygen atoms in total. The Kier molecular flexibility index (Phi) is 7.59. The Bertz CT molecular complexity index is 752. The number of aliphatic hydroxyl groups is 5. The zero-order chi connectivity index (χ0) is 22.9. The van der Waals surface area contributed by atoms with Gasteiger partial charge in [-0.25, -0.2) is 9.59 Å². The maximum Gasteiger partial charge on any atom is 0.367 e. The van der Waals surface area contributed by atoms with Gasteiger partial charge in [0.2, 0.25) is 6.29 Å². The van der Waals surface area contributed by atoms with Gasteiger partial charge in [-0.3, -0.25) is 0 Å². The van der Waals surface area contributed by atoms with Crippen LogP contribution in [0.5, 0.6) is 0 Å². The number of thioether (sulfide) groups is 1. The van der Waals surface area contributed by atoms with Crippen LogP contribution in [0.3, 0.4) is 0 Å². The summed E-state index contributed by atoms with van der Waals surface area (Å²) in [5.41, 5.74) is 0.106. The predicted molar refractivity (Wildman–Crippen MR) is 101 cm³/mol. The molecule has 0 saturated carbocycles. The van der Waals surface area contributed by atoms with Crippen LogP contribution in [0.1, 0.15) is 0 Å². The van der Waals surface area contributed by atoms with Gasteiger partial charge in [0.15, 0.2) is 6.29 Å². The van der Waals surface area contributed by atoms with Crippen molar-refractivity contribution in [2.24, 2.45) is 11.8 Å². The summed E-state index contributed by atoms with van der Waals surface area (Å²) in [5.74, 6) is -3.24. The smallest absolute Gasteiger partial charge is 0.367 e. The van der Waals surface area contributed by atoms with Gasteiger partial charge in [0, 0.05) is 5.92 Å². The number of hydrogen-bond acceptors (Lipinski definition) is 12. The lowest BCUT2D eigenvalue weighted by Gasteiger charge is -2.43. The number of carboxylic acids is 1. The molecule has 1 saturated heterocycles. The average molecular weight is 464 g/mol. The lowest BCUT2D eigenvalue weighted by Crippen LogP contribution is -2.60. The maximum absolute atomic E-state index is 11.6. The molecule has 0 amide bonds. The number of aliphatic carboxylic acids is 1. The highest BCUT2D eigenvalue weighted by Gasteiger charge is 2.52. The van der Waals surface area contributed by atoms with Gasteiger partial charge in [0.1, 0.15) is 31.0 Å². The molecule has 0 spiro atoms. The first-order valence-corrected chi connectivity index (χ1v) is 10.6.